The van der Waals surface area contributed by atoms with Crippen LogP contribution in [-0.2, 0) is 4.79 Å². The molecule has 1 N–H and O–H groups in total. The minimum absolute atomic E-state index is 0.0704. The normalized spacial score (nSPS) is 22.3. The number of amides is 1. The molecular formula is C16H20N2O2S. The van der Waals surface area contributed by atoms with Crippen molar-refractivity contribution in [2.24, 2.45) is 5.92 Å². The first kappa shape index (κ1) is 14.4. The van der Waals surface area contributed by atoms with Crippen molar-refractivity contribution in [1.29, 1.82) is 0 Å². The first-order valence-corrected chi connectivity index (χ1v) is 8.48. The van der Waals surface area contributed by atoms with E-state index < -0.39 is 0 Å². The molecule has 1 aliphatic carbocycles. The van der Waals surface area contributed by atoms with E-state index in [4.69, 9.17) is 4.42 Å². The quantitative estimate of drug-likeness (QED) is 0.877. The number of thioether (sulfide) groups is 1. The molecule has 1 aromatic carbocycles. The highest BCUT2D eigenvalue weighted by molar-refractivity contribution is 7.99. The Morgan fingerprint density at radius 1 is 1.38 bits per heavy atom. The summed E-state index contributed by atoms with van der Waals surface area (Å²) < 4.78 is 5.60. The second-order valence-corrected chi connectivity index (χ2v) is 6.60. The fourth-order valence-electron chi connectivity index (χ4n) is 2.82. The summed E-state index contributed by atoms with van der Waals surface area (Å²) in [4.78, 5) is 16.4. The van der Waals surface area contributed by atoms with E-state index in [1.165, 1.54) is 31.0 Å². The number of hydrogen-bond donors (Lipinski definition) is 1. The van der Waals surface area contributed by atoms with Gasteiger partial charge in [0.25, 0.3) is 5.22 Å². The first-order chi connectivity index (χ1) is 10.2. The van der Waals surface area contributed by atoms with E-state index in [0.29, 0.717) is 22.9 Å². The molecule has 1 aliphatic rings. The maximum atomic E-state index is 12.0. The molecule has 0 bridgehead atoms. The number of nitrogens with zero attached hydrogens (tertiary/aromatic N) is 1. The van der Waals surface area contributed by atoms with Crippen LogP contribution in [0.2, 0.25) is 0 Å². The third-order valence-electron chi connectivity index (χ3n) is 4.06. The standard InChI is InChI=1S/C16H20N2O2S/c1-11-6-2-3-7-12(11)17-15(19)10-21-16-18-13-8-4-5-9-14(13)20-16/h4-5,8-9,11-12H,2-3,6-7,10H2,1H3,(H,17,19). The van der Waals surface area contributed by atoms with Crippen molar-refractivity contribution in [3.63, 3.8) is 0 Å². The van der Waals surface area contributed by atoms with Gasteiger partial charge in [-0.05, 0) is 30.9 Å². The molecule has 1 amide bonds. The maximum absolute atomic E-state index is 12.0. The largest absolute Gasteiger partial charge is 0.431 e. The number of fused-ring (bicyclic) bond motifs is 1. The predicted octanol–water partition coefficient (Wildman–Crippen LogP) is 3.61. The van der Waals surface area contributed by atoms with Crippen LogP contribution in [0.5, 0.6) is 0 Å². The van der Waals surface area contributed by atoms with E-state index in [1.807, 2.05) is 24.3 Å². The lowest BCUT2D eigenvalue weighted by Crippen LogP contribution is -2.41. The van der Waals surface area contributed by atoms with Crippen molar-refractivity contribution < 1.29 is 9.21 Å². The van der Waals surface area contributed by atoms with E-state index in [1.54, 1.807) is 0 Å². The smallest absolute Gasteiger partial charge is 0.257 e. The molecule has 2 unspecified atom stereocenters. The highest BCUT2D eigenvalue weighted by atomic mass is 32.2. The molecule has 3 rings (SSSR count). The molecule has 1 saturated carbocycles. The van der Waals surface area contributed by atoms with Gasteiger partial charge in [-0.2, -0.15) is 0 Å². The number of benzene rings is 1. The predicted molar refractivity (Wildman–Crippen MR) is 84.3 cm³/mol. The minimum atomic E-state index is 0.0704. The summed E-state index contributed by atoms with van der Waals surface area (Å²) >= 11 is 1.35. The number of para-hydroxylation sites is 2. The zero-order valence-electron chi connectivity index (χ0n) is 12.2. The van der Waals surface area contributed by atoms with Gasteiger partial charge in [0, 0.05) is 6.04 Å². The SMILES string of the molecule is CC1CCCCC1NC(=O)CSc1nc2ccccc2o1. The highest BCUT2D eigenvalue weighted by Gasteiger charge is 2.22. The number of aromatic nitrogens is 1. The van der Waals surface area contributed by atoms with Crippen LogP contribution < -0.4 is 5.32 Å². The minimum Gasteiger partial charge on any atom is -0.431 e. The number of hydrogen-bond acceptors (Lipinski definition) is 4. The van der Waals surface area contributed by atoms with E-state index >= 15 is 0 Å². The van der Waals surface area contributed by atoms with Crippen LogP contribution in [0.15, 0.2) is 33.9 Å². The van der Waals surface area contributed by atoms with Gasteiger partial charge in [0.15, 0.2) is 5.58 Å². The van der Waals surface area contributed by atoms with E-state index in [-0.39, 0.29) is 5.91 Å². The van der Waals surface area contributed by atoms with Crippen LogP contribution in [0.4, 0.5) is 0 Å². The molecule has 2 atom stereocenters. The van der Waals surface area contributed by atoms with Gasteiger partial charge in [-0.15, -0.1) is 0 Å². The second kappa shape index (κ2) is 6.52. The van der Waals surface area contributed by atoms with Gasteiger partial charge in [-0.3, -0.25) is 4.79 Å². The Bertz CT molecular complexity index is 593. The van der Waals surface area contributed by atoms with Crippen LogP contribution in [0.1, 0.15) is 32.6 Å². The molecule has 21 heavy (non-hydrogen) atoms. The third-order valence-corrected chi connectivity index (χ3v) is 4.89. The van der Waals surface area contributed by atoms with Gasteiger partial charge in [0.05, 0.1) is 5.75 Å². The maximum Gasteiger partial charge on any atom is 0.257 e. The average molecular weight is 304 g/mol. The Hall–Kier alpha value is -1.49. The van der Waals surface area contributed by atoms with Crippen LogP contribution in [-0.4, -0.2) is 22.7 Å². The number of carbonyl (C=O) groups is 1. The number of carbonyl (C=O) groups excluding carboxylic acids is 1. The molecule has 1 aromatic heterocycles. The molecule has 0 aliphatic heterocycles. The van der Waals surface area contributed by atoms with Gasteiger partial charge in [0.2, 0.25) is 5.91 Å². The summed E-state index contributed by atoms with van der Waals surface area (Å²) in [5.74, 6) is 1.01. The Morgan fingerprint density at radius 2 is 2.19 bits per heavy atom. The fourth-order valence-corrected chi connectivity index (χ4v) is 3.47. The number of rotatable bonds is 4. The van der Waals surface area contributed by atoms with Crippen molar-refractivity contribution in [2.45, 2.75) is 43.9 Å². The average Bonchev–Trinajstić information content (AvgIpc) is 2.90. The van der Waals surface area contributed by atoms with Gasteiger partial charge < -0.3 is 9.73 Å². The lowest BCUT2D eigenvalue weighted by Gasteiger charge is -2.29. The number of oxazole rings is 1. The fraction of sp³-hybridized carbons (Fsp3) is 0.500. The summed E-state index contributed by atoms with van der Waals surface area (Å²) in [6.45, 7) is 2.22. The summed E-state index contributed by atoms with van der Waals surface area (Å²) in [6.07, 6.45) is 4.81. The topological polar surface area (TPSA) is 55.1 Å². The van der Waals surface area contributed by atoms with E-state index in [2.05, 4.69) is 17.2 Å². The van der Waals surface area contributed by atoms with Crippen LogP contribution >= 0.6 is 11.8 Å². The van der Waals surface area contributed by atoms with Crippen LogP contribution in [0.25, 0.3) is 11.1 Å². The van der Waals surface area contributed by atoms with Gasteiger partial charge in [-0.25, -0.2) is 4.98 Å². The van der Waals surface area contributed by atoms with E-state index in [0.717, 1.165) is 17.5 Å². The Balaban J connectivity index is 1.53. The summed E-state index contributed by atoms with van der Waals surface area (Å²) in [7, 11) is 0. The molecule has 2 aromatic rings. The van der Waals surface area contributed by atoms with Gasteiger partial charge in [-0.1, -0.05) is 43.7 Å². The molecule has 0 saturated heterocycles. The van der Waals surface area contributed by atoms with Crippen molar-refractivity contribution in [2.75, 3.05) is 5.75 Å². The molecule has 0 spiro atoms. The lowest BCUT2D eigenvalue weighted by atomic mass is 9.86. The highest BCUT2D eigenvalue weighted by Crippen LogP contribution is 2.25. The molecule has 1 heterocycles. The van der Waals surface area contributed by atoms with Crippen LogP contribution in [0.3, 0.4) is 0 Å². The monoisotopic (exact) mass is 304 g/mol. The second-order valence-electron chi connectivity index (χ2n) is 5.67. The van der Waals surface area contributed by atoms with E-state index in [9.17, 15) is 4.79 Å². The Kier molecular flexibility index (Phi) is 4.48. The zero-order chi connectivity index (χ0) is 14.7. The van der Waals surface area contributed by atoms with Gasteiger partial charge in [0.1, 0.15) is 5.52 Å². The number of nitrogens with one attached hydrogen (secondary N) is 1. The summed E-state index contributed by atoms with van der Waals surface area (Å²) in [6, 6.07) is 7.97. The van der Waals surface area contributed by atoms with Crippen molar-refractivity contribution in [3.05, 3.63) is 24.3 Å². The zero-order valence-corrected chi connectivity index (χ0v) is 13.0. The molecule has 5 heteroatoms. The molecule has 112 valence electrons. The summed E-state index contributed by atoms with van der Waals surface area (Å²) in [5.41, 5.74) is 1.60. The van der Waals surface area contributed by atoms with Crippen LogP contribution in [0, 0.1) is 5.92 Å². The Labute approximate surface area is 128 Å². The first-order valence-electron chi connectivity index (χ1n) is 7.50. The molecule has 0 radical (unpaired) electrons. The van der Waals surface area contributed by atoms with Crippen molar-refractivity contribution in [1.82, 2.24) is 10.3 Å². The Morgan fingerprint density at radius 3 is 3.00 bits per heavy atom. The summed E-state index contributed by atoms with van der Waals surface area (Å²) in [5, 5.41) is 3.70. The van der Waals surface area contributed by atoms with Crippen molar-refractivity contribution >= 4 is 28.8 Å². The third kappa shape index (κ3) is 3.59. The molecule has 4 nitrogen and oxygen atoms in total. The molecular weight excluding hydrogens is 284 g/mol. The molecule has 1 fully saturated rings. The lowest BCUT2D eigenvalue weighted by molar-refractivity contribution is -0.119. The van der Waals surface area contributed by atoms with Gasteiger partial charge >= 0.3 is 0 Å². The van der Waals surface area contributed by atoms with Crippen molar-refractivity contribution in [3.8, 4) is 0 Å².